The number of thiazole rings is 1. The lowest BCUT2D eigenvalue weighted by Gasteiger charge is -2.21. The van der Waals surface area contributed by atoms with Gasteiger partial charge in [0.15, 0.2) is 0 Å². The number of amides is 1. The lowest BCUT2D eigenvalue weighted by Crippen LogP contribution is -2.36. The second-order valence-corrected chi connectivity index (χ2v) is 9.45. The van der Waals surface area contributed by atoms with Crippen LogP contribution in [0.25, 0.3) is 10.2 Å². The maximum atomic E-state index is 13.5. The first-order valence-electron chi connectivity index (χ1n) is 11.5. The Bertz CT molecular complexity index is 1060. The monoisotopic (exact) mass is 454 g/mol. The number of nitrogens with zero attached hydrogens (tertiary/aromatic N) is 3. The standard InChI is InChI=1S/C25H31FN4OS/c1-3-18-7-5-8-19(4-2)25(18)28-23(31)16-29-11-6-12-30(14-13-29)17-24-27-21-10-9-20(26)15-22(21)32-24/h5,7-10,15H,3-4,6,11-14,16-17H2,1-2H3,(H,28,31). The fourth-order valence-electron chi connectivity index (χ4n) is 4.33. The van der Waals surface area contributed by atoms with Crippen molar-refractivity contribution in [1.82, 2.24) is 14.8 Å². The van der Waals surface area contributed by atoms with E-state index < -0.39 is 0 Å². The summed E-state index contributed by atoms with van der Waals surface area (Å²) in [5.74, 6) is -0.161. The van der Waals surface area contributed by atoms with Crippen molar-refractivity contribution in [3.8, 4) is 0 Å². The second kappa shape index (κ2) is 10.5. The van der Waals surface area contributed by atoms with Crippen molar-refractivity contribution in [1.29, 1.82) is 0 Å². The summed E-state index contributed by atoms with van der Waals surface area (Å²) in [6.07, 6.45) is 2.82. The largest absolute Gasteiger partial charge is 0.324 e. The van der Waals surface area contributed by atoms with Crippen molar-refractivity contribution in [2.45, 2.75) is 39.7 Å². The minimum Gasteiger partial charge on any atom is -0.324 e. The average Bonchev–Trinajstić information content (AvgIpc) is 3.05. The molecule has 4 rings (SSSR count). The molecule has 0 unspecified atom stereocenters. The lowest BCUT2D eigenvalue weighted by molar-refractivity contribution is -0.117. The van der Waals surface area contributed by atoms with E-state index in [0.717, 1.165) is 72.9 Å². The van der Waals surface area contributed by atoms with Gasteiger partial charge in [-0.15, -0.1) is 11.3 Å². The van der Waals surface area contributed by atoms with E-state index in [0.29, 0.717) is 6.54 Å². The first-order chi connectivity index (χ1) is 15.6. The molecule has 2 aromatic carbocycles. The van der Waals surface area contributed by atoms with Gasteiger partial charge in [0.2, 0.25) is 5.91 Å². The number of anilines is 1. The van der Waals surface area contributed by atoms with Gasteiger partial charge in [-0.1, -0.05) is 32.0 Å². The molecule has 1 aromatic heterocycles. The van der Waals surface area contributed by atoms with E-state index in [1.807, 2.05) is 0 Å². The Labute approximate surface area is 193 Å². The molecular weight excluding hydrogens is 423 g/mol. The van der Waals surface area contributed by atoms with Crippen LogP contribution in [0.5, 0.6) is 0 Å². The second-order valence-electron chi connectivity index (χ2n) is 8.33. The topological polar surface area (TPSA) is 48.5 Å². The maximum absolute atomic E-state index is 13.5. The van der Waals surface area contributed by atoms with Crippen LogP contribution in [0.1, 0.15) is 36.4 Å². The Kier molecular flexibility index (Phi) is 7.50. The van der Waals surface area contributed by atoms with Crippen molar-refractivity contribution in [3.05, 3.63) is 58.3 Å². The summed E-state index contributed by atoms with van der Waals surface area (Å²) >= 11 is 1.56. The van der Waals surface area contributed by atoms with Crippen molar-refractivity contribution >= 4 is 33.1 Å². The lowest BCUT2D eigenvalue weighted by atomic mass is 10.0. The van der Waals surface area contributed by atoms with Crippen LogP contribution in [0.4, 0.5) is 10.1 Å². The van der Waals surface area contributed by atoms with Gasteiger partial charge in [0.05, 0.1) is 23.3 Å². The summed E-state index contributed by atoms with van der Waals surface area (Å²) in [7, 11) is 0. The Morgan fingerprint density at radius 3 is 2.53 bits per heavy atom. The highest BCUT2D eigenvalue weighted by Gasteiger charge is 2.19. The van der Waals surface area contributed by atoms with Gasteiger partial charge in [-0.25, -0.2) is 9.37 Å². The molecule has 0 bridgehead atoms. The first kappa shape index (κ1) is 22.8. The van der Waals surface area contributed by atoms with E-state index in [-0.39, 0.29) is 11.7 Å². The summed E-state index contributed by atoms with van der Waals surface area (Å²) < 4.78 is 14.4. The van der Waals surface area contributed by atoms with Crippen LogP contribution in [0.2, 0.25) is 0 Å². The number of carbonyl (C=O) groups is 1. The number of hydrogen-bond acceptors (Lipinski definition) is 5. The minimum absolute atomic E-state index is 0.0576. The number of aromatic nitrogens is 1. The molecule has 0 radical (unpaired) electrons. The highest BCUT2D eigenvalue weighted by Crippen LogP contribution is 2.25. The molecule has 1 N–H and O–H groups in total. The van der Waals surface area contributed by atoms with Crippen LogP contribution >= 0.6 is 11.3 Å². The molecule has 32 heavy (non-hydrogen) atoms. The van der Waals surface area contributed by atoms with Crippen LogP contribution in [-0.2, 0) is 24.2 Å². The third-order valence-electron chi connectivity index (χ3n) is 6.07. The fraction of sp³-hybridized carbons (Fsp3) is 0.440. The van der Waals surface area contributed by atoms with Gasteiger partial charge < -0.3 is 5.32 Å². The number of carbonyl (C=O) groups excluding carboxylic acids is 1. The summed E-state index contributed by atoms with van der Waals surface area (Å²) in [5, 5.41) is 4.20. The summed E-state index contributed by atoms with van der Waals surface area (Å²) in [6.45, 7) is 9.05. The molecule has 5 nitrogen and oxygen atoms in total. The zero-order valence-corrected chi connectivity index (χ0v) is 19.7. The third-order valence-corrected chi connectivity index (χ3v) is 7.07. The molecule has 1 aliphatic heterocycles. The van der Waals surface area contributed by atoms with E-state index in [1.54, 1.807) is 23.5 Å². The molecular formula is C25H31FN4OS. The van der Waals surface area contributed by atoms with E-state index in [1.165, 1.54) is 17.2 Å². The zero-order chi connectivity index (χ0) is 22.5. The van der Waals surface area contributed by atoms with E-state index in [2.05, 4.69) is 52.1 Å². The van der Waals surface area contributed by atoms with Crippen molar-refractivity contribution in [2.75, 3.05) is 38.0 Å². The zero-order valence-electron chi connectivity index (χ0n) is 18.9. The van der Waals surface area contributed by atoms with Crippen LogP contribution in [0.15, 0.2) is 36.4 Å². The van der Waals surface area contributed by atoms with Gasteiger partial charge in [-0.2, -0.15) is 0 Å². The number of para-hydroxylation sites is 1. The van der Waals surface area contributed by atoms with Crippen LogP contribution < -0.4 is 5.32 Å². The SMILES string of the molecule is CCc1cccc(CC)c1NC(=O)CN1CCCN(Cc2nc3ccc(F)cc3s2)CC1. The van der Waals surface area contributed by atoms with Crippen molar-refractivity contribution in [2.24, 2.45) is 0 Å². The van der Waals surface area contributed by atoms with Crippen LogP contribution in [0, 0.1) is 5.82 Å². The summed E-state index contributed by atoms with van der Waals surface area (Å²) in [6, 6.07) is 11.0. The van der Waals surface area contributed by atoms with Gasteiger partial charge in [0.1, 0.15) is 10.8 Å². The Hall–Kier alpha value is -2.35. The van der Waals surface area contributed by atoms with Crippen LogP contribution in [0.3, 0.4) is 0 Å². The number of hydrogen-bond donors (Lipinski definition) is 1. The molecule has 1 fully saturated rings. The molecule has 0 saturated carbocycles. The predicted octanol–water partition coefficient (Wildman–Crippen LogP) is 4.71. The molecule has 7 heteroatoms. The molecule has 0 spiro atoms. The number of fused-ring (bicyclic) bond motifs is 1. The van der Waals surface area contributed by atoms with E-state index >= 15 is 0 Å². The van der Waals surface area contributed by atoms with E-state index in [9.17, 15) is 9.18 Å². The number of benzene rings is 2. The molecule has 1 amide bonds. The number of nitrogens with one attached hydrogen (secondary N) is 1. The molecule has 0 aliphatic carbocycles. The molecule has 2 heterocycles. The van der Waals surface area contributed by atoms with Gasteiger partial charge >= 0.3 is 0 Å². The average molecular weight is 455 g/mol. The molecule has 0 atom stereocenters. The van der Waals surface area contributed by atoms with Crippen molar-refractivity contribution in [3.63, 3.8) is 0 Å². The first-order valence-corrected chi connectivity index (χ1v) is 12.3. The smallest absolute Gasteiger partial charge is 0.238 e. The van der Waals surface area contributed by atoms with Crippen LogP contribution in [-0.4, -0.2) is 53.4 Å². The Morgan fingerprint density at radius 1 is 1.06 bits per heavy atom. The van der Waals surface area contributed by atoms with Gasteiger partial charge in [0.25, 0.3) is 0 Å². The molecule has 3 aromatic rings. The highest BCUT2D eigenvalue weighted by molar-refractivity contribution is 7.18. The molecule has 1 aliphatic rings. The maximum Gasteiger partial charge on any atom is 0.238 e. The number of aryl methyl sites for hydroxylation is 2. The summed E-state index contributed by atoms with van der Waals surface area (Å²) in [4.78, 5) is 22.1. The Morgan fingerprint density at radius 2 is 1.78 bits per heavy atom. The van der Waals surface area contributed by atoms with Crippen molar-refractivity contribution < 1.29 is 9.18 Å². The normalized spacial score (nSPS) is 15.7. The molecule has 1 saturated heterocycles. The van der Waals surface area contributed by atoms with Gasteiger partial charge in [0, 0.05) is 18.8 Å². The highest BCUT2D eigenvalue weighted by atomic mass is 32.1. The quantitative estimate of drug-likeness (QED) is 0.562. The number of halogens is 1. The third kappa shape index (κ3) is 5.52. The van der Waals surface area contributed by atoms with E-state index in [4.69, 9.17) is 0 Å². The van der Waals surface area contributed by atoms with Gasteiger partial charge in [-0.05, 0) is 61.7 Å². The predicted molar refractivity (Wildman–Crippen MR) is 130 cm³/mol. The van der Waals surface area contributed by atoms with Gasteiger partial charge in [-0.3, -0.25) is 14.6 Å². The number of rotatable bonds is 7. The summed E-state index contributed by atoms with van der Waals surface area (Å²) in [5.41, 5.74) is 4.23. The molecule has 170 valence electrons. The Balaban J connectivity index is 1.33. The fourth-order valence-corrected chi connectivity index (χ4v) is 5.37. The minimum atomic E-state index is -0.219.